The molecule has 3 heterocycles. The summed E-state index contributed by atoms with van der Waals surface area (Å²) in [4.78, 5) is 34.4. The number of fused-ring (bicyclic) bond motifs is 1. The highest BCUT2D eigenvalue weighted by Gasteiger charge is 2.35. The number of anilines is 1. The zero-order valence-electron chi connectivity index (χ0n) is 14.7. The minimum Gasteiger partial charge on any atom is -0.301 e. The zero-order chi connectivity index (χ0) is 17.9. The Bertz CT molecular complexity index is 1010. The maximum absolute atomic E-state index is 12.4. The second-order valence-corrected chi connectivity index (χ2v) is 5.91. The van der Waals surface area contributed by atoms with Crippen LogP contribution in [-0.4, -0.2) is 28.2 Å². The number of rotatable bonds is 4. The standard InChI is InChI=1S/C21H15N3O2.2ClH/c25-20-18-12-16(17-6-2-10-23-14-17)7-8-19(18)24(21(20)26)11-3-5-15-4-1-9-22-13-15;;/h1-10,12-14H,11H2;2*1H/b5-3+;;. The smallest absolute Gasteiger partial charge is 0.299 e. The molecule has 0 N–H and O–H groups in total. The van der Waals surface area contributed by atoms with E-state index in [1.165, 1.54) is 4.90 Å². The van der Waals surface area contributed by atoms with Crippen LogP contribution in [0.1, 0.15) is 15.9 Å². The Balaban J connectivity index is 0.00000140. The first kappa shape index (κ1) is 21.3. The molecule has 2 aromatic heterocycles. The van der Waals surface area contributed by atoms with Gasteiger partial charge in [0.25, 0.3) is 11.7 Å². The van der Waals surface area contributed by atoms with Gasteiger partial charge in [0, 0.05) is 36.9 Å². The van der Waals surface area contributed by atoms with Gasteiger partial charge >= 0.3 is 0 Å². The molecule has 1 amide bonds. The molecule has 1 aromatic carbocycles. The Morgan fingerprint density at radius 1 is 0.893 bits per heavy atom. The van der Waals surface area contributed by atoms with E-state index in [0.29, 0.717) is 17.8 Å². The Morgan fingerprint density at radius 2 is 1.64 bits per heavy atom. The van der Waals surface area contributed by atoms with Crippen LogP contribution < -0.4 is 4.90 Å². The van der Waals surface area contributed by atoms with Gasteiger partial charge in [-0.05, 0) is 35.4 Å². The van der Waals surface area contributed by atoms with Crippen LogP contribution in [0.25, 0.3) is 17.2 Å². The quantitative estimate of drug-likeness (QED) is 0.600. The average Bonchev–Trinajstić information content (AvgIpc) is 2.94. The molecule has 28 heavy (non-hydrogen) atoms. The predicted molar refractivity (Wildman–Crippen MR) is 114 cm³/mol. The van der Waals surface area contributed by atoms with Gasteiger partial charge in [-0.1, -0.05) is 30.4 Å². The number of amides is 1. The summed E-state index contributed by atoms with van der Waals surface area (Å²) in [6.07, 6.45) is 10.6. The van der Waals surface area contributed by atoms with Crippen LogP contribution in [0.4, 0.5) is 5.69 Å². The maximum atomic E-state index is 12.4. The van der Waals surface area contributed by atoms with Crippen LogP contribution in [0.2, 0.25) is 0 Å². The SMILES string of the molecule is Cl.Cl.O=C1C(=O)N(C/C=C/c2cccnc2)c2ccc(-c3cccnc3)cc21. The molecule has 1 aliphatic rings. The van der Waals surface area contributed by atoms with E-state index in [9.17, 15) is 9.59 Å². The number of nitrogens with zero attached hydrogens (tertiary/aromatic N) is 3. The highest BCUT2D eigenvalue weighted by Crippen LogP contribution is 2.32. The molecule has 0 fully saturated rings. The van der Waals surface area contributed by atoms with Crippen LogP contribution in [0.5, 0.6) is 0 Å². The van der Waals surface area contributed by atoms with E-state index in [1.54, 1.807) is 30.9 Å². The lowest BCUT2D eigenvalue weighted by atomic mass is 10.0. The monoisotopic (exact) mass is 413 g/mol. The summed E-state index contributed by atoms with van der Waals surface area (Å²) in [5.74, 6) is -0.973. The van der Waals surface area contributed by atoms with E-state index in [0.717, 1.165) is 16.7 Å². The van der Waals surface area contributed by atoms with Gasteiger partial charge in [0.2, 0.25) is 0 Å². The lowest BCUT2D eigenvalue weighted by Gasteiger charge is -2.14. The second kappa shape index (κ2) is 9.26. The Labute approximate surface area is 175 Å². The highest BCUT2D eigenvalue weighted by molar-refractivity contribution is 6.52. The van der Waals surface area contributed by atoms with Crippen molar-refractivity contribution in [3.05, 3.63) is 84.5 Å². The van der Waals surface area contributed by atoms with Crippen molar-refractivity contribution in [3.63, 3.8) is 0 Å². The molecule has 3 aromatic rings. The molecule has 142 valence electrons. The lowest BCUT2D eigenvalue weighted by Crippen LogP contribution is -2.29. The number of pyridine rings is 2. The van der Waals surface area contributed by atoms with Crippen molar-refractivity contribution in [2.45, 2.75) is 0 Å². The number of carbonyl (C=O) groups excluding carboxylic acids is 2. The number of hydrogen-bond donors (Lipinski definition) is 0. The van der Waals surface area contributed by atoms with Crippen molar-refractivity contribution in [3.8, 4) is 11.1 Å². The number of Topliss-reactive ketones (excluding diaryl/α,β-unsaturated/α-hetero) is 1. The minimum atomic E-state index is -0.501. The van der Waals surface area contributed by atoms with Gasteiger partial charge in [0.1, 0.15) is 0 Å². The molecule has 0 unspecified atom stereocenters. The van der Waals surface area contributed by atoms with Crippen LogP contribution in [0.15, 0.2) is 73.3 Å². The van der Waals surface area contributed by atoms with Crippen molar-refractivity contribution in [1.29, 1.82) is 0 Å². The maximum Gasteiger partial charge on any atom is 0.299 e. The summed E-state index contributed by atoms with van der Waals surface area (Å²) < 4.78 is 0. The van der Waals surface area contributed by atoms with Crippen molar-refractivity contribution in [2.75, 3.05) is 11.4 Å². The van der Waals surface area contributed by atoms with Crippen LogP contribution in [0.3, 0.4) is 0 Å². The second-order valence-electron chi connectivity index (χ2n) is 5.91. The Morgan fingerprint density at radius 3 is 2.32 bits per heavy atom. The normalized spacial score (nSPS) is 12.5. The van der Waals surface area contributed by atoms with Crippen molar-refractivity contribution >= 4 is 48.3 Å². The molecule has 0 saturated heterocycles. The number of halogens is 2. The summed E-state index contributed by atoms with van der Waals surface area (Å²) in [5, 5.41) is 0. The summed E-state index contributed by atoms with van der Waals surface area (Å²) in [6, 6.07) is 13.0. The molecule has 0 radical (unpaired) electrons. The van der Waals surface area contributed by atoms with Crippen LogP contribution >= 0.6 is 24.8 Å². The average molecular weight is 414 g/mol. The third-order valence-electron chi connectivity index (χ3n) is 4.25. The van der Waals surface area contributed by atoms with E-state index < -0.39 is 11.7 Å². The van der Waals surface area contributed by atoms with Gasteiger partial charge in [-0.3, -0.25) is 19.6 Å². The zero-order valence-corrected chi connectivity index (χ0v) is 16.3. The predicted octanol–water partition coefficient (Wildman–Crippen LogP) is 4.23. The molecular formula is C21H17Cl2N3O2. The topological polar surface area (TPSA) is 63.2 Å². The summed E-state index contributed by atoms with van der Waals surface area (Å²) in [7, 11) is 0. The molecule has 0 saturated carbocycles. The van der Waals surface area contributed by atoms with Crippen molar-refractivity contribution in [1.82, 2.24) is 9.97 Å². The molecule has 0 bridgehead atoms. The minimum absolute atomic E-state index is 0. The fourth-order valence-electron chi connectivity index (χ4n) is 2.96. The summed E-state index contributed by atoms with van der Waals surface area (Å²) in [6.45, 7) is 0.332. The largest absolute Gasteiger partial charge is 0.301 e. The van der Waals surface area contributed by atoms with E-state index in [-0.39, 0.29) is 24.8 Å². The van der Waals surface area contributed by atoms with E-state index in [2.05, 4.69) is 9.97 Å². The van der Waals surface area contributed by atoms with Gasteiger partial charge in [0.05, 0.1) is 11.3 Å². The highest BCUT2D eigenvalue weighted by atomic mass is 35.5. The third-order valence-corrected chi connectivity index (χ3v) is 4.25. The molecule has 1 aliphatic heterocycles. The number of hydrogen-bond acceptors (Lipinski definition) is 4. The summed E-state index contributed by atoms with van der Waals surface area (Å²) in [5.41, 5.74) is 3.79. The van der Waals surface area contributed by atoms with Crippen molar-refractivity contribution < 1.29 is 9.59 Å². The van der Waals surface area contributed by atoms with E-state index in [4.69, 9.17) is 0 Å². The Kier molecular flexibility index (Phi) is 7.04. The van der Waals surface area contributed by atoms with Gasteiger partial charge < -0.3 is 4.90 Å². The first-order chi connectivity index (χ1) is 12.7. The molecule has 7 heteroatoms. The van der Waals surface area contributed by atoms with Gasteiger partial charge in [-0.25, -0.2) is 0 Å². The van der Waals surface area contributed by atoms with Crippen LogP contribution in [0, 0.1) is 0 Å². The molecule has 0 atom stereocenters. The van der Waals surface area contributed by atoms with Gasteiger partial charge in [-0.2, -0.15) is 0 Å². The number of aromatic nitrogens is 2. The number of carbonyl (C=O) groups is 2. The molecule has 5 nitrogen and oxygen atoms in total. The summed E-state index contributed by atoms with van der Waals surface area (Å²) >= 11 is 0. The van der Waals surface area contributed by atoms with Crippen LogP contribution in [-0.2, 0) is 4.79 Å². The van der Waals surface area contributed by atoms with Gasteiger partial charge in [-0.15, -0.1) is 24.8 Å². The first-order valence-corrected chi connectivity index (χ1v) is 8.21. The van der Waals surface area contributed by atoms with E-state index in [1.807, 2.05) is 48.6 Å². The molecule has 0 spiro atoms. The van der Waals surface area contributed by atoms with Crippen molar-refractivity contribution in [2.24, 2.45) is 0 Å². The van der Waals surface area contributed by atoms with Gasteiger partial charge in [0.15, 0.2) is 0 Å². The number of benzene rings is 1. The van der Waals surface area contributed by atoms with E-state index >= 15 is 0 Å². The molecule has 0 aliphatic carbocycles. The number of ketones is 1. The molecular weight excluding hydrogens is 397 g/mol. The first-order valence-electron chi connectivity index (χ1n) is 8.21. The molecule has 4 rings (SSSR count). The third kappa shape index (κ3) is 4.11. The fraction of sp³-hybridized carbons (Fsp3) is 0.0476. The Hall–Kier alpha value is -3.02. The lowest BCUT2D eigenvalue weighted by molar-refractivity contribution is -0.114. The fourth-order valence-corrected chi connectivity index (χ4v) is 2.96.